The molecule has 3 rings (SSSR count). The van der Waals surface area contributed by atoms with E-state index in [9.17, 15) is 10.2 Å². The Kier molecular flexibility index (Phi) is 3.37. The molecule has 0 unspecified atom stereocenters. The lowest BCUT2D eigenvalue weighted by Crippen LogP contribution is -2.50. The van der Waals surface area contributed by atoms with Crippen molar-refractivity contribution in [2.24, 2.45) is 0 Å². The van der Waals surface area contributed by atoms with Crippen molar-refractivity contribution in [2.45, 2.75) is 55.9 Å². The number of aliphatic hydroxyl groups excluding tert-OH is 1. The van der Waals surface area contributed by atoms with Gasteiger partial charge in [-0.2, -0.15) is 0 Å². The Morgan fingerprint density at radius 3 is 2.58 bits per heavy atom. The van der Waals surface area contributed by atoms with E-state index in [2.05, 4.69) is 24.1 Å². The number of benzene rings is 1. The molecule has 0 spiro atoms. The van der Waals surface area contributed by atoms with E-state index in [4.69, 9.17) is 0 Å². The van der Waals surface area contributed by atoms with Crippen molar-refractivity contribution < 1.29 is 10.2 Å². The number of nitrogens with zero attached hydrogens (tertiary/aromatic N) is 1. The third-order valence-corrected chi connectivity index (χ3v) is 5.05. The molecule has 0 amide bonds. The maximum Gasteiger partial charge on any atom is 0.108 e. The molecule has 3 heteroatoms. The highest BCUT2D eigenvalue weighted by molar-refractivity contribution is 5.23. The third kappa shape index (κ3) is 2.10. The van der Waals surface area contributed by atoms with Gasteiger partial charge in [-0.05, 0) is 31.9 Å². The largest absolute Gasteiger partial charge is 0.390 e. The predicted octanol–water partition coefficient (Wildman–Crippen LogP) is 2.10. The van der Waals surface area contributed by atoms with Gasteiger partial charge >= 0.3 is 0 Å². The van der Waals surface area contributed by atoms with Crippen molar-refractivity contribution in [3.8, 4) is 0 Å². The number of hydrogen-bond donors (Lipinski definition) is 2. The van der Waals surface area contributed by atoms with Crippen molar-refractivity contribution in [2.75, 3.05) is 7.05 Å². The molecule has 2 fully saturated rings. The number of rotatable bonds is 1. The SMILES string of the molecule is CN1[C@H]2CCCC[C@H](O)[C@@]2(O)C[C@H]1c1ccccc1. The van der Waals surface area contributed by atoms with Crippen LogP contribution < -0.4 is 0 Å². The first-order valence-electron chi connectivity index (χ1n) is 7.30. The van der Waals surface area contributed by atoms with Gasteiger partial charge in [0.25, 0.3) is 0 Å². The van der Waals surface area contributed by atoms with E-state index in [1.54, 1.807) is 0 Å². The maximum absolute atomic E-state index is 11.0. The second kappa shape index (κ2) is 4.89. The van der Waals surface area contributed by atoms with Gasteiger partial charge in [0.1, 0.15) is 5.60 Å². The summed E-state index contributed by atoms with van der Waals surface area (Å²) in [4.78, 5) is 2.27. The fourth-order valence-electron chi connectivity index (χ4n) is 3.92. The molecule has 104 valence electrons. The molecule has 2 N–H and O–H groups in total. The summed E-state index contributed by atoms with van der Waals surface area (Å²) in [5.41, 5.74) is 0.296. The van der Waals surface area contributed by atoms with Gasteiger partial charge in [-0.15, -0.1) is 0 Å². The zero-order chi connectivity index (χ0) is 13.5. The van der Waals surface area contributed by atoms with E-state index < -0.39 is 11.7 Å². The fraction of sp³-hybridized carbons (Fsp3) is 0.625. The van der Waals surface area contributed by atoms with Crippen molar-refractivity contribution in [3.63, 3.8) is 0 Å². The van der Waals surface area contributed by atoms with E-state index in [1.165, 1.54) is 5.56 Å². The van der Waals surface area contributed by atoms with Crippen LogP contribution in [0.3, 0.4) is 0 Å². The Morgan fingerprint density at radius 2 is 1.84 bits per heavy atom. The molecule has 0 aromatic heterocycles. The Morgan fingerprint density at radius 1 is 1.16 bits per heavy atom. The van der Waals surface area contributed by atoms with E-state index in [0.29, 0.717) is 6.42 Å². The molecule has 1 aliphatic carbocycles. The third-order valence-electron chi connectivity index (χ3n) is 5.05. The number of aliphatic hydroxyl groups is 2. The Bertz CT molecular complexity index is 436. The molecule has 3 nitrogen and oxygen atoms in total. The minimum atomic E-state index is -0.939. The van der Waals surface area contributed by atoms with E-state index in [1.807, 2.05) is 18.2 Å². The normalized spacial score (nSPS) is 39.8. The van der Waals surface area contributed by atoms with Gasteiger partial charge in [0.15, 0.2) is 0 Å². The van der Waals surface area contributed by atoms with Crippen LogP contribution in [0.2, 0.25) is 0 Å². The van der Waals surface area contributed by atoms with Gasteiger partial charge in [0, 0.05) is 12.1 Å². The molecule has 0 radical (unpaired) electrons. The van der Waals surface area contributed by atoms with Gasteiger partial charge in [-0.25, -0.2) is 0 Å². The molecule has 1 aromatic rings. The molecule has 1 heterocycles. The highest BCUT2D eigenvalue weighted by atomic mass is 16.3. The van der Waals surface area contributed by atoms with Gasteiger partial charge < -0.3 is 10.2 Å². The molecule has 1 saturated heterocycles. The van der Waals surface area contributed by atoms with Crippen molar-refractivity contribution >= 4 is 0 Å². The molecule has 1 saturated carbocycles. The lowest BCUT2D eigenvalue weighted by Gasteiger charge is -2.34. The van der Waals surface area contributed by atoms with Gasteiger partial charge in [-0.3, -0.25) is 4.90 Å². The van der Waals surface area contributed by atoms with Crippen molar-refractivity contribution in [1.82, 2.24) is 4.90 Å². The number of fused-ring (bicyclic) bond motifs is 1. The predicted molar refractivity (Wildman–Crippen MR) is 74.8 cm³/mol. The summed E-state index contributed by atoms with van der Waals surface area (Å²) in [6.45, 7) is 0. The standard InChI is InChI=1S/C16H23NO2/c1-17-13(12-7-3-2-4-8-12)11-16(19)14(17)9-5-6-10-15(16)18/h2-4,7-8,13-15,18-19H,5-6,9-11H2,1H3/t13-,14-,15-,16+/m0/s1. The van der Waals surface area contributed by atoms with Gasteiger partial charge in [-0.1, -0.05) is 43.2 Å². The summed E-state index contributed by atoms with van der Waals surface area (Å²) < 4.78 is 0. The molecule has 4 atom stereocenters. The maximum atomic E-state index is 11.0. The van der Waals surface area contributed by atoms with Crippen LogP contribution in [0.5, 0.6) is 0 Å². The lowest BCUT2D eigenvalue weighted by atomic mass is 9.85. The van der Waals surface area contributed by atoms with E-state index >= 15 is 0 Å². The number of likely N-dealkylation sites (N-methyl/N-ethyl adjacent to an activating group) is 1. The molecular formula is C16H23NO2. The minimum Gasteiger partial charge on any atom is -0.390 e. The van der Waals surface area contributed by atoms with Gasteiger partial charge in [0.2, 0.25) is 0 Å². The first-order valence-corrected chi connectivity index (χ1v) is 7.30. The molecule has 1 aromatic carbocycles. The average Bonchev–Trinajstić information content (AvgIpc) is 2.59. The highest BCUT2D eigenvalue weighted by Crippen LogP contribution is 2.47. The zero-order valence-electron chi connectivity index (χ0n) is 11.5. The highest BCUT2D eigenvalue weighted by Gasteiger charge is 2.54. The Hall–Kier alpha value is -0.900. The monoisotopic (exact) mass is 261 g/mol. The quantitative estimate of drug-likeness (QED) is 0.813. The molecule has 2 aliphatic rings. The first-order chi connectivity index (χ1) is 9.13. The van der Waals surface area contributed by atoms with Crippen LogP contribution in [0.25, 0.3) is 0 Å². The Balaban J connectivity index is 1.92. The summed E-state index contributed by atoms with van der Waals surface area (Å²) in [6.07, 6.45) is 3.87. The lowest BCUT2D eigenvalue weighted by molar-refractivity contribution is -0.0899. The zero-order valence-corrected chi connectivity index (χ0v) is 11.5. The van der Waals surface area contributed by atoms with Crippen LogP contribution in [-0.4, -0.2) is 39.9 Å². The molecule has 19 heavy (non-hydrogen) atoms. The second-order valence-electron chi connectivity index (χ2n) is 6.10. The summed E-state index contributed by atoms with van der Waals surface area (Å²) >= 11 is 0. The number of likely N-dealkylation sites (tertiary alicyclic amines) is 1. The van der Waals surface area contributed by atoms with Gasteiger partial charge in [0.05, 0.1) is 6.10 Å². The smallest absolute Gasteiger partial charge is 0.108 e. The van der Waals surface area contributed by atoms with E-state index in [-0.39, 0.29) is 12.1 Å². The number of hydrogen-bond acceptors (Lipinski definition) is 3. The van der Waals surface area contributed by atoms with Crippen LogP contribution in [0, 0.1) is 0 Å². The van der Waals surface area contributed by atoms with Crippen LogP contribution >= 0.6 is 0 Å². The summed E-state index contributed by atoms with van der Waals surface area (Å²) in [5, 5.41) is 21.3. The molecule has 1 aliphatic heterocycles. The van der Waals surface area contributed by atoms with Crippen molar-refractivity contribution in [1.29, 1.82) is 0 Å². The van der Waals surface area contributed by atoms with Crippen LogP contribution in [0.1, 0.15) is 43.7 Å². The van der Waals surface area contributed by atoms with Crippen LogP contribution in [0.15, 0.2) is 30.3 Å². The van der Waals surface area contributed by atoms with E-state index in [0.717, 1.165) is 25.7 Å². The summed E-state index contributed by atoms with van der Waals surface area (Å²) in [5.74, 6) is 0. The topological polar surface area (TPSA) is 43.7 Å². The molecular weight excluding hydrogens is 238 g/mol. The van der Waals surface area contributed by atoms with Crippen LogP contribution in [0.4, 0.5) is 0 Å². The second-order valence-corrected chi connectivity index (χ2v) is 6.10. The molecule has 0 bridgehead atoms. The fourth-order valence-corrected chi connectivity index (χ4v) is 3.92. The average molecular weight is 261 g/mol. The summed E-state index contributed by atoms with van der Waals surface area (Å²) in [6, 6.07) is 10.6. The van der Waals surface area contributed by atoms with Crippen LogP contribution in [-0.2, 0) is 0 Å². The Labute approximate surface area is 114 Å². The first kappa shape index (κ1) is 13.1. The van der Waals surface area contributed by atoms with Crippen molar-refractivity contribution in [3.05, 3.63) is 35.9 Å². The minimum absolute atomic E-state index is 0.0789. The summed E-state index contributed by atoms with van der Waals surface area (Å²) in [7, 11) is 2.08.